The molecule has 0 radical (unpaired) electrons. The summed E-state index contributed by atoms with van der Waals surface area (Å²) in [5, 5.41) is 7.27. The van der Waals surface area contributed by atoms with E-state index in [0.29, 0.717) is 34.6 Å². The fourth-order valence-corrected chi connectivity index (χ4v) is 2.28. The summed E-state index contributed by atoms with van der Waals surface area (Å²) in [4.78, 5) is 16.6. The van der Waals surface area contributed by atoms with Crippen LogP contribution in [0.3, 0.4) is 0 Å². The standard InChI is InChI=1S/C16H14FN3O2/c1-9-7-13(14-10(2)20-22-16(14)19-9)15(21)18-8-11-3-5-12(17)6-4-11/h3-7H,8H2,1-2H3,(H,18,21). The lowest BCUT2D eigenvalue weighted by molar-refractivity contribution is 0.0952. The second-order valence-electron chi connectivity index (χ2n) is 5.07. The van der Waals surface area contributed by atoms with Crippen molar-refractivity contribution in [2.45, 2.75) is 20.4 Å². The normalized spacial score (nSPS) is 10.9. The maximum Gasteiger partial charge on any atom is 0.258 e. The van der Waals surface area contributed by atoms with E-state index in [2.05, 4.69) is 15.5 Å². The van der Waals surface area contributed by atoms with E-state index in [9.17, 15) is 9.18 Å². The number of nitrogens with one attached hydrogen (secondary N) is 1. The SMILES string of the molecule is Cc1cc(C(=O)NCc2ccc(F)cc2)c2c(C)noc2n1. The van der Waals surface area contributed by atoms with Gasteiger partial charge in [-0.1, -0.05) is 17.3 Å². The molecule has 3 aromatic rings. The summed E-state index contributed by atoms with van der Waals surface area (Å²) in [7, 11) is 0. The Morgan fingerprint density at radius 2 is 2.00 bits per heavy atom. The van der Waals surface area contributed by atoms with Crippen LogP contribution in [0.5, 0.6) is 0 Å². The Morgan fingerprint density at radius 1 is 1.27 bits per heavy atom. The van der Waals surface area contributed by atoms with Gasteiger partial charge in [-0.05, 0) is 37.6 Å². The van der Waals surface area contributed by atoms with Gasteiger partial charge in [0, 0.05) is 12.2 Å². The molecule has 0 aliphatic carbocycles. The van der Waals surface area contributed by atoms with Crippen LogP contribution in [0.15, 0.2) is 34.9 Å². The number of carbonyl (C=O) groups is 1. The molecule has 0 spiro atoms. The van der Waals surface area contributed by atoms with E-state index >= 15 is 0 Å². The van der Waals surface area contributed by atoms with Crippen molar-refractivity contribution in [2.75, 3.05) is 0 Å². The summed E-state index contributed by atoms with van der Waals surface area (Å²) >= 11 is 0. The van der Waals surface area contributed by atoms with E-state index in [-0.39, 0.29) is 11.7 Å². The van der Waals surface area contributed by atoms with Crippen LogP contribution >= 0.6 is 0 Å². The van der Waals surface area contributed by atoms with Gasteiger partial charge >= 0.3 is 0 Å². The first-order chi connectivity index (χ1) is 10.5. The van der Waals surface area contributed by atoms with Crippen molar-refractivity contribution in [1.82, 2.24) is 15.5 Å². The number of hydrogen-bond donors (Lipinski definition) is 1. The van der Waals surface area contributed by atoms with Gasteiger partial charge in [-0.3, -0.25) is 4.79 Å². The minimum Gasteiger partial charge on any atom is -0.348 e. The van der Waals surface area contributed by atoms with Gasteiger partial charge in [0.1, 0.15) is 5.82 Å². The largest absolute Gasteiger partial charge is 0.348 e. The molecule has 3 rings (SSSR count). The van der Waals surface area contributed by atoms with Crippen LogP contribution in [0.4, 0.5) is 4.39 Å². The van der Waals surface area contributed by atoms with Crippen LogP contribution in [0, 0.1) is 19.7 Å². The molecule has 0 atom stereocenters. The van der Waals surface area contributed by atoms with Crippen molar-refractivity contribution in [2.24, 2.45) is 0 Å². The molecule has 5 nitrogen and oxygen atoms in total. The summed E-state index contributed by atoms with van der Waals surface area (Å²) in [6, 6.07) is 7.69. The number of aromatic nitrogens is 2. The third kappa shape index (κ3) is 2.67. The van der Waals surface area contributed by atoms with Gasteiger partial charge < -0.3 is 9.84 Å². The van der Waals surface area contributed by atoms with Crippen LogP contribution in [-0.2, 0) is 6.54 Å². The van der Waals surface area contributed by atoms with E-state index < -0.39 is 0 Å². The topological polar surface area (TPSA) is 68.0 Å². The average molecular weight is 299 g/mol. The summed E-state index contributed by atoms with van der Waals surface area (Å²) in [5.74, 6) is -0.548. The first-order valence-electron chi connectivity index (χ1n) is 6.81. The number of halogens is 1. The Balaban J connectivity index is 1.86. The van der Waals surface area contributed by atoms with Crippen molar-refractivity contribution in [1.29, 1.82) is 0 Å². The molecule has 0 saturated carbocycles. The first-order valence-corrected chi connectivity index (χ1v) is 6.81. The number of nitrogens with zero attached hydrogens (tertiary/aromatic N) is 2. The maximum absolute atomic E-state index is 12.9. The highest BCUT2D eigenvalue weighted by Crippen LogP contribution is 2.21. The molecule has 1 amide bonds. The van der Waals surface area contributed by atoms with Crippen molar-refractivity contribution < 1.29 is 13.7 Å². The van der Waals surface area contributed by atoms with E-state index in [1.165, 1.54) is 12.1 Å². The highest BCUT2D eigenvalue weighted by atomic mass is 19.1. The minimum absolute atomic E-state index is 0.244. The van der Waals surface area contributed by atoms with Crippen LogP contribution in [-0.4, -0.2) is 16.0 Å². The van der Waals surface area contributed by atoms with Gasteiger partial charge in [-0.25, -0.2) is 9.37 Å². The molecular weight excluding hydrogens is 285 g/mol. The Hall–Kier alpha value is -2.76. The van der Waals surface area contributed by atoms with Crippen molar-refractivity contribution in [3.8, 4) is 0 Å². The molecule has 1 aromatic carbocycles. The fourth-order valence-electron chi connectivity index (χ4n) is 2.28. The zero-order valence-corrected chi connectivity index (χ0v) is 12.2. The number of rotatable bonds is 3. The lowest BCUT2D eigenvalue weighted by atomic mass is 10.1. The highest BCUT2D eigenvalue weighted by Gasteiger charge is 2.17. The maximum atomic E-state index is 12.9. The lowest BCUT2D eigenvalue weighted by Crippen LogP contribution is -2.23. The molecule has 0 aliphatic heterocycles. The molecule has 0 bridgehead atoms. The predicted octanol–water partition coefficient (Wildman–Crippen LogP) is 2.91. The number of carbonyl (C=O) groups excluding carboxylic acids is 1. The number of benzene rings is 1. The smallest absolute Gasteiger partial charge is 0.258 e. The first kappa shape index (κ1) is 14.2. The van der Waals surface area contributed by atoms with Crippen LogP contribution in [0.25, 0.3) is 11.1 Å². The van der Waals surface area contributed by atoms with Gasteiger partial charge in [0.25, 0.3) is 11.6 Å². The highest BCUT2D eigenvalue weighted by molar-refractivity contribution is 6.05. The van der Waals surface area contributed by atoms with E-state index in [1.54, 1.807) is 32.0 Å². The third-order valence-electron chi connectivity index (χ3n) is 3.36. The van der Waals surface area contributed by atoms with Gasteiger partial charge in [0.05, 0.1) is 16.6 Å². The molecule has 0 unspecified atom stereocenters. The Kier molecular flexibility index (Phi) is 3.58. The number of pyridine rings is 1. The molecule has 2 heterocycles. The van der Waals surface area contributed by atoms with Crippen molar-refractivity contribution in [3.63, 3.8) is 0 Å². The fraction of sp³-hybridized carbons (Fsp3) is 0.188. The predicted molar refractivity (Wildman–Crippen MR) is 78.8 cm³/mol. The van der Waals surface area contributed by atoms with Gasteiger partial charge in [-0.2, -0.15) is 0 Å². The quantitative estimate of drug-likeness (QED) is 0.807. The van der Waals surface area contributed by atoms with Crippen LogP contribution < -0.4 is 5.32 Å². The molecule has 0 aliphatic rings. The van der Waals surface area contributed by atoms with E-state index in [1.807, 2.05) is 0 Å². The van der Waals surface area contributed by atoms with Crippen molar-refractivity contribution in [3.05, 3.63) is 58.7 Å². The molecule has 6 heteroatoms. The molecule has 2 aromatic heterocycles. The summed E-state index contributed by atoms with van der Waals surface area (Å²) < 4.78 is 18.0. The lowest BCUT2D eigenvalue weighted by Gasteiger charge is -2.07. The second-order valence-corrected chi connectivity index (χ2v) is 5.07. The summed E-state index contributed by atoms with van der Waals surface area (Å²) in [6.07, 6.45) is 0. The Morgan fingerprint density at radius 3 is 2.73 bits per heavy atom. The average Bonchev–Trinajstić information content (AvgIpc) is 2.86. The summed E-state index contributed by atoms with van der Waals surface area (Å²) in [5.41, 5.74) is 2.94. The summed E-state index contributed by atoms with van der Waals surface area (Å²) in [6.45, 7) is 3.86. The zero-order valence-electron chi connectivity index (χ0n) is 12.2. The van der Waals surface area contributed by atoms with E-state index in [0.717, 1.165) is 5.56 Å². The number of aryl methyl sites for hydroxylation is 2. The Bertz CT molecular complexity index is 840. The molecule has 112 valence electrons. The Labute approximate surface area is 126 Å². The molecule has 1 N–H and O–H groups in total. The van der Waals surface area contributed by atoms with Crippen molar-refractivity contribution >= 4 is 17.0 Å². The molecular formula is C16H14FN3O2. The third-order valence-corrected chi connectivity index (χ3v) is 3.36. The number of fused-ring (bicyclic) bond motifs is 1. The zero-order chi connectivity index (χ0) is 15.7. The van der Waals surface area contributed by atoms with E-state index in [4.69, 9.17) is 4.52 Å². The van der Waals surface area contributed by atoms with Gasteiger partial charge in [-0.15, -0.1) is 0 Å². The molecule has 0 fully saturated rings. The second kappa shape index (κ2) is 5.55. The van der Waals surface area contributed by atoms with Gasteiger partial charge in [0.15, 0.2) is 0 Å². The molecule has 0 saturated heterocycles. The monoisotopic (exact) mass is 299 g/mol. The minimum atomic E-state index is -0.304. The number of amides is 1. The number of hydrogen-bond acceptors (Lipinski definition) is 4. The van der Waals surface area contributed by atoms with Gasteiger partial charge in [0.2, 0.25) is 0 Å². The van der Waals surface area contributed by atoms with Crippen LogP contribution in [0.2, 0.25) is 0 Å². The van der Waals surface area contributed by atoms with Crippen LogP contribution in [0.1, 0.15) is 27.3 Å². The molecule has 22 heavy (non-hydrogen) atoms.